The normalized spacial score (nSPS) is 15.9. The van der Waals surface area contributed by atoms with Gasteiger partial charge in [0, 0.05) is 28.9 Å². The summed E-state index contributed by atoms with van der Waals surface area (Å²) in [6, 6.07) is 7.37. The van der Waals surface area contributed by atoms with Crippen LogP contribution in [0, 0.1) is 0 Å². The summed E-state index contributed by atoms with van der Waals surface area (Å²) in [6.07, 6.45) is 5.74. The molecule has 226 valence electrons. The van der Waals surface area contributed by atoms with Gasteiger partial charge in [0.1, 0.15) is 10.6 Å². The lowest BCUT2D eigenvalue weighted by atomic mass is 9.74. The number of benzene rings is 1. The van der Waals surface area contributed by atoms with Gasteiger partial charge in [0.25, 0.3) is 0 Å². The zero-order valence-electron chi connectivity index (χ0n) is 25.4. The smallest absolute Gasteiger partial charge is 0.303 e. The van der Waals surface area contributed by atoms with E-state index in [2.05, 4.69) is 35.7 Å². The number of aromatic amines is 1. The van der Waals surface area contributed by atoms with Gasteiger partial charge >= 0.3 is 5.97 Å². The number of H-pyrrole nitrogens is 1. The minimum absolute atomic E-state index is 0.0514. The minimum atomic E-state index is -4.07. The molecule has 0 unspecified atom stereocenters. The molecule has 1 saturated carbocycles. The second-order valence-corrected chi connectivity index (χ2v) is 15.0. The molecule has 3 aromatic rings. The molecule has 0 aliphatic heterocycles. The molecule has 2 aromatic heterocycles. The molecule has 3 N–H and O–H groups in total. The highest BCUT2D eigenvalue weighted by atomic mass is 32.2. The van der Waals surface area contributed by atoms with E-state index in [4.69, 9.17) is 14.9 Å². The number of carbonyl (C=O) groups is 1. The number of aliphatic carboxylic acids is 1. The summed E-state index contributed by atoms with van der Waals surface area (Å²) in [6.45, 7) is 14.0. The molecule has 1 aliphatic carbocycles. The number of fused-ring (bicyclic) bond motifs is 1. The molecule has 4 rings (SSSR count). The lowest BCUT2D eigenvalue weighted by molar-refractivity contribution is -0.137. The average molecular weight is 588 g/mol. The highest BCUT2D eigenvalue weighted by Gasteiger charge is 2.45. The number of ether oxygens (including phenoxy) is 1. The van der Waals surface area contributed by atoms with Crippen LogP contribution >= 0.6 is 0 Å². The first-order valence-electron chi connectivity index (χ1n) is 14.5. The Labute approximate surface area is 243 Å². The molecule has 0 spiro atoms. The lowest BCUT2D eigenvalue weighted by Crippen LogP contribution is -2.56. The third-order valence-corrected chi connectivity index (χ3v) is 10.3. The Morgan fingerprint density at radius 1 is 1.10 bits per heavy atom. The zero-order chi connectivity index (χ0) is 30.2. The van der Waals surface area contributed by atoms with E-state index in [1.54, 1.807) is 16.6 Å². The summed E-state index contributed by atoms with van der Waals surface area (Å²) >= 11 is 0. The van der Waals surface area contributed by atoms with Crippen molar-refractivity contribution in [1.29, 1.82) is 0 Å². The molecule has 11 heteroatoms. The van der Waals surface area contributed by atoms with E-state index < -0.39 is 26.9 Å². The molecule has 1 fully saturated rings. The number of nitrogens with zero attached hydrogens (tertiary/aromatic N) is 3. The number of hydrogen-bond donors (Lipinski definition) is 3. The predicted octanol–water partition coefficient (Wildman–Crippen LogP) is 5.68. The van der Waals surface area contributed by atoms with E-state index in [9.17, 15) is 13.2 Å². The number of rotatable bonds is 11. The van der Waals surface area contributed by atoms with Crippen LogP contribution < -0.4 is 9.46 Å². The first kappa shape index (κ1) is 31.0. The van der Waals surface area contributed by atoms with Crippen LogP contribution in [0.3, 0.4) is 0 Å². The second-order valence-electron chi connectivity index (χ2n) is 13.4. The van der Waals surface area contributed by atoms with Gasteiger partial charge < -0.3 is 9.84 Å². The van der Waals surface area contributed by atoms with Crippen molar-refractivity contribution in [3.63, 3.8) is 0 Å². The monoisotopic (exact) mass is 587 g/mol. The maximum atomic E-state index is 14.1. The van der Waals surface area contributed by atoms with E-state index in [0.29, 0.717) is 11.7 Å². The Balaban J connectivity index is 1.68. The molecule has 1 aromatic carbocycles. The molecule has 0 amide bonds. The number of carboxylic acid groups (broad SMARTS) is 1. The maximum Gasteiger partial charge on any atom is 0.303 e. The second kappa shape index (κ2) is 11.4. The number of hydrogen-bond acceptors (Lipinski definition) is 6. The Bertz CT molecular complexity index is 1490. The van der Waals surface area contributed by atoms with Crippen molar-refractivity contribution in [3.8, 4) is 5.75 Å². The van der Waals surface area contributed by atoms with E-state index in [0.717, 1.165) is 42.6 Å². The number of aromatic nitrogens is 4. The third kappa shape index (κ3) is 6.61. The van der Waals surface area contributed by atoms with Gasteiger partial charge in [-0.15, -0.1) is 0 Å². The standard InChI is InChI=1S/C30H45N5O5S/c1-28(2,3)24-19-25-31-32-27(35(25)33-24)29(4,5)30(6,7)34-41(38,39)23-18-21(20-12-9-8-10-13-20)15-16-22(23)40-17-11-14-26(36)37/h15-16,18-20,31,34H,8-14,17H2,1-7H3,(H,36,37). The molecular weight excluding hydrogens is 542 g/mol. The summed E-state index contributed by atoms with van der Waals surface area (Å²) < 4.78 is 38.8. The van der Waals surface area contributed by atoms with Crippen LogP contribution in [0.5, 0.6) is 5.75 Å². The maximum absolute atomic E-state index is 14.1. The van der Waals surface area contributed by atoms with Crippen molar-refractivity contribution < 1.29 is 23.1 Å². The fourth-order valence-electron chi connectivity index (χ4n) is 5.30. The molecule has 0 bridgehead atoms. The van der Waals surface area contributed by atoms with Gasteiger partial charge in [0.2, 0.25) is 10.0 Å². The fourth-order valence-corrected chi connectivity index (χ4v) is 7.02. The molecule has 41 heavy (non-hydrogen) atoms. The van der Waals surface area contributed by atoms with E-state index in [1.165, 1.54) is 6.42 Å². The molecular formula is C30H45N5O5S. The van der Waals surface area contributed by atoms with Crippen LogP contribution in [0.15, 0.2) is 29.2 Å². The molecule has 1 aliphatic rings. The minimum Gasteiger partial charge on any atom is -0.492 e. The van der Waals surface area contributed by atoms with Crippen molar-refractivity contribution in [2.75, 3.05) is 6.61 Å². The predicted molar refractivity (Wildman–Crippen MR) is 158 cm³/mol. The first-order chi connectivity index (χ1) is 19.0. The summed E-state index contributed by atoms with van der Waals surface area (Å²) in [5.41, 5.74) is 0.696. The summed E-state index contributed by atoms with van der Waals surface area (Å²) in [5, 5.41) is 21.4. The van der Waals surface area contributed by atoms with Gasteiger partial charge in [-0.1, -0.05) is 59.9 Å². The number of sulfonamides is 1. The SMILES string of the molecule is CC(C)(C)c1cc2[nH]nc(C(C)(C)C(C)(C)NS(=O)(=O)c3cc(C4CCCCC4)ccc3OCCCC(=O)O)n2n1. The largest absolute Gasteiger partial charge is 0.492 e. The summed E-state index contributed by atoms with van der Waals surface area (Å²) in [4.78, 5) is 11.0. The van der Waals surface area contributed by atoms with Crippen LogP contribution in [0.25, 0.3) is 5.65 Å². The van der Waals surface area contributed by atoms with Crippen LogP contribution in [0.4, 0.5) is 0 Å². The zero-order valence-corrected chi connectivity index (χ0v) is 26.2. The fraction of sp³-hybridized carbons (Fsp3) is 0.633. The van der Waals surface area contributed by atoms with Crippen molar-refractivity contribution >= 4 is 21.6 Å². The quantitative estimate of drug-likeness (QED) is 0.245. The Morgan fingerprint density at radius 3 is 2.41 bits per heavy atom. The number of nitrogens with one attached hydrogen (secondary N) is 2. The van der Waals surface area contributed by atoms with E-state index in [1.807, 2.05) is 39.8 Å². The van der Waals surface area contributed by atoms with Gasteiger partial charge in [0.15, 0.2) is 11.5 Å². The van der Waals surface area contributed by atoms with Crippen molar-refractivity contribution in [2.24, 2.45) is 0 Å². The van der Waals surface area contributed by atoms with Gasteiger partial charge in [-0.2, -0.15) is 14.7 Å². The van der Waals surface area contributed by atoms with Crippen LogP contribution in [-0.2, 0) is 25.6 Å². The van der Waals surface area contributed by atoms with Crippen LogP contribution in [0.2, 0.25) is 0 Å². The van der Waals surface area contributed by atoms with Crippen molar-refractivity contribution in [2.45, 2.75) is 121 Å². The first-order valence-corrected chi connectivity index (χ1v) is 16.0. The molecule has 2 heterocycles. The van der Waals surface area contributed by atoms with Crippen LogP contribution in [-0.4, -0.2) is 51.5 Å². The Morgan fingerprint density at radius 2 is 1.78 bits per heavy atom. The Hall–Kier alpha value is -2.92. The van der Waals surface area contributed by atoms with Crippen LogP contribution in [0.1, 0.15) is 116 Å². The average Bonchev–Trinajstić information content (AvgIpc) is 3.48. The summed E-state index contributed by atoms with van der Waals surface area (Å²) in [5.74, 6) is 0.216. The topological polar surface area (TPSA) is 139 Å². The Kier molecular flexibility index (Phi) is 8.62. The molecule has 10 nitrogen and oxygen atoms in total. The van der Waals surface area contributed by atoms with Crippen molar-refractivity contribution in [3.05, 3.63) is 41.3 Å². The highest BCUT2D eigenvalue weighted by Crippen LogP contribution is 2.39. The van der Waals surface area contributed by atoms with Gasteiger partial charge in [-0.05, 0) is 56.7 Å². The van der Waals surface area contributed by atoms with E-state index >= 15 is 0 Å². The molecule has 0 saturated heterocycles. The third-order valence-electron chi connectivity index (χ3n) is 8.59. The molecule has 0 radical (unpaired) electrons. The van der Waals surface area contributed by atoms with Gasteiger partial charge in [-0.25, -0.2) is 13.1 Å². The highest BCUT2D eigenvalue weighted by molar-refractivity contribution is 7.89. The lowest BCUT2D eigenvalue weighted by Gasteiger charge is -2.40. The van der Waals surface area contributed by atoms with Gasteiger partial charge in [-0.3, -0.25) is 9.89 Å². The summed E-state index contributed by atoms with van der Waals surface area (Å²) in [7, 11) is -4.07. The molecule has 0 atom stereocenters. The van der Waals surface area contributed by atoms with Crippen molar-refractivity contribution in [1.82, 2.24) is 24.5 Å². The van der Waals surface area contributed by atoms with E-state index in [-0.39, 0.29) is 35.5 Å². The van der Waals surface area contributed by atoms with Gasteiger partial charge in [0.05, 0.1) is 12.3 Å². The number of carboxylic acids is 1.